The van der Waals surface area contributed by atoms with Crippen molar-refractivity contribution in [1.82, 2.24) is 10.4 Å². The zero-order valence-electron chi connectivity index (χ0n) is 9.16. The Morgan fingerprint density at radius 3 is 2.53 bits per heavy atom. The highest BCUT2D eigenvalue weighted by Gasteiger charge is 2.34. The number of nitrogens with one attached hydrogen (secondary N) is 1. The number of hydrogen-bond acceptors (Lipinski definition) is 2. The van der Waals surface area contributed by atoms with Crippen molar-refractivity contribution in [2.45, 2.75) is 32.4 Å². The van der Waals surface area contributed by atoms with Gasteiger partial charge in [0, 0.05) is 12.0 Å². The average Bonchev–Trinajstić information content (AvgIpc) is 2.41. The highest BCUT2D eigenvalue weighted by atomic mass is 16.2. The van der Waals surface area contributed by atoms with E-state index in [1.807, 2.05) is 44.2 Å². The van der Waals surface area contributed by atoms with Gasteiger partial charge in [0.15, 0.2) is 0 Å². The number of nitrogens with zero attached hydrogens (tertiary/aromatic N) is 1. The van der Waals surface area contributed by atoms with Gasteiger partial charge >= 0.3 is 0 Å². The molecular formula is C12H16N2O. The largest absolute Gasteiger partial charge is 0.273 e. The minimum absolute atomic E-state index is 0.105. The molecule has 1 fully saturated rings. The molecule has 1 aromatic rings. The molecule has 1 saturated heterocycles. The van der Waals surface area contributed by atoms with Gasteiger partial charge in [0.25, 0.3) is 0 Å². The summed E-state index contributed by atoms with van der Waals surface area (Å²) >= 11 is 0. The summed E-state index contributed by atoms with van der Waals surface area (Å²) in [5, 5.41) is 1.70. The summed E-state index contributed by atoms with van der Waals surface area (Å²) in [5.41, 5.74) is 4.26. The predicted octanol–water partition coefficient (Wildman–Crippen LogP) is 1.70. The van der Waals surface area contributed by atoms with E-state index in [9.17, 15) is 4.79 Å². The molecule has 0 aromatic heterocycles. The molecule has 3 heteroatoms. The molecule has 0 bridgehead atoms. The fraction of sp³-hybridized carbons (Fsp3) is 0.417. The molecule has 15 heavy (non-hydrogen) atoms. The molecule has 1 aromatic carbocycles. The van der Waals surface area contributed by atoms with E-state index in [-0.39, 0.29) is 11.4 Å². The molecule has 80 valence electrons. The molecule has 0 atom stereocenters. The van der Waals surface area contributed by atoms with Crippen molar-refractivity contribution in [2.24, 2.45) is 0 Å². The lowest BCUT2D eigenvalue weighted by molar-refractivity contribution is -0.130. The number of hydrazine groups is 1. The maximum Gasteiger partial charge on any atom is 0.238 e. The van der Waals surface area contributed by atoms with E-state index in [0.717, 1.165) is 5.56 Å². The highest BCUT2D eigenvalue weighted by molar-refractivity contribution is 5.79. The number of carbonyl (C=O) groups is 1. The van der Waals surface area contributed by atoms with Gasteiger partial charge in [0.1, 0.15) is 0 Å². The van der Waals surface area contributed by atoms with E-state index in [1.165, 1.54) is 0 Å². The molecule has 0 spiro atoms. The Balaban J connectivity index is 2.05. The molecule has 0 radical (unpaired) electrons. The molecule has 0 aliphatic carbocycles. The smallest absolute Gasteiger partial charge is 0.238 e. The normalized spacial score (nSPS) is 19.6. The lowest BCUT2D eigenvalue weighted by Crippen LogP contribution is -2.41. The van der Waals surface area contributed by atoms with Crippen LogP contribution < -0.4 is 5.43 Å². The third-order valence-corrected chi connectivity index (χ3v) is 2.52. The van der Waals surface area contributed by atoms with Crippen LogP contribution in [0.3, 0.4) is 0 Å². The van der Waals surface area contributed by atoms with E-state index in [4.69, 9.17) is 0 Å². The molecule has 1 aliphatic rings. The molecule has 1 heterocycles. The van der Waals surface area contributed by atoms with Gasteiger partial charge in [-0.25, -0.2) is 5.43 Å². The fourth-order valence-electron chi connectivity index (χ4n) is 1.83. The molecule has 1 N–H and O–H groups in total. The summed E-state index contributed by atoms with van der Waals surface area (Å²) < 4.78 is 0. The van der Waals surface area contributed by atoms with Crippen LogP contribution in [0.2, 0.25) is 0 Å². The number of amides is 1. The summed E-state index contributed by atoms with van der Waals surface area (Å²) in [7, 11) is 0. The van der Waals surface area contributed by atoms with Crippen LogP contribution in [0.1, 0.15) is 25.8 Å². The third-order valence-electron chi connectivity index (χ3n) is 2.52. The Labute approximate surface area is 90.1 Å². The van der Waals surface area contributed by atoms with Crippen LogP contribution in [0, 0.1) is 0 Å². The number of hydrogen-bond donors (Lipinski definition) is 1. The van der Waals surface area contributed by atoms with Gasteiger partial charge in [-0.05, 0) is 19.4 Å². The standard InChI is InChI=1S/C12H16N2O/c1-12(2)8-11(15)14(13-12)9-10-6-4-3-5-7-10/h3-7,13H,8-9H2,1-2H3. The summed E-state index contributed by atoms with van der Waals surface area (Å²) in [6.45, 7) is 4.72. The Bertz CT molecular complexity index is 359. The summed E-state index contributed by atoms with van der Waals surface area (Å²) in [5.74, 6) is 0.170. The van der Waals surface area contributed by atoms with Gasteiger partial charge < -0.3 is 0 Å². The Hall–Kier alpha value is -1.35. The second-order valence-electron chi connectivity index (χ2n) is 4.64. The van der Waals surface area contributed by atoms with Crippen molar-refractivity contribution in [2.75, 3.05) is 0 Å². The minimum Gasteiger partial charge on any atom is -0.273 e. The van der Waals surface area contributed by atoms with Crippen molar-refractivity contribution in [3.8, 4) is 0 Å². The topological polar surface area (TPSA) is 32.3 Å². The molecule has 1 aliphatic heterocycles. The van der Waals surface area contributed by atoms with Crippen molar-refractivity contribution in [1.29, 1.82) is 0 Å². The van der Waals surface area contributed by atoms with E-state index < -0.39 is 0 Å². The molecular weight excluding hydrogens is 188 g/mol. The molecule has 0 unspecified atom stereocenters. The van der Waals surface area contributed by atoms with Crippen LogP contribution in [-0.2, 0) is 11.3 Å². The van der Waals surface area contributed by atoms with Crippen molar-refractivity contribution in [3.05, 3.63) is 35.9 Å². The fourth-order valence-corrected chi connectivity index (χ4v) is 1.83. The second-order valence-corrected chi connectivity index (χ2v) is 4.64. The van der Waals surface area contributed by atoms with Crippen LogP contribution in [0.4, 0.5) is 0 Å². The average molecular weight is 204 g/mol. The van der Waals surface area contributed by atoms with E-state index >= 15 is 0 Å². The van der Waals surface area contributed by atoms with Crippen molar-refractivity contribution in [3.63, 3.8) is 0 Å². The zero-order chi connectivity index (χ0) is 10.9. The SMILES string of the molecule is CC1(C)CC(=O)N(Cc2ccccc2)N1. The maximum absolute atomic E-state index is 11.7. The van der Waals surface area contributed by atoms with Gasteiger partial charge in [-0.1, -0.05) is 30.3 Å². The quantitative estimate of drug-likeness (QED) is 0.795. The van der Waals surface area contributed by atoms with Crippen molar-refractivity contribution < 1.29 is 4.79 Å². The molecule has 0 saturated carbocycles. The lowest BCUT2D eigenvalue weighted by atomic mass is 10.0. The first-order valence-corrected chi connectivity index (χ1v) is 5.19. The first-order chi connectivity index (χ1) is 7.07. The lowest BCUT2D eigenvalue weighted by Gasteiger charge is -2.21. The van der Waals surface area contributed by atoms with E-state index in [1.54, 1.807) is 5.01 Å². The zero-order valence-corrected chi connectivity index (χ0v) is 9.16. The van der Waals surface area contributed by atoms with E-state index in [2.05, 4.69) is 5.43 Å². The Morgan fingerprint density at radius 2 is 2.00 bits per heavy atom. The van der Waals surface area contributed by atoms with Crippen LogP contribution >= 0.6 is 0 Å². The first kappa shape index (κ1) is 10.2. The molecule has 1 amide bonds. The monoisotopic (exact) mass is 204 g/mol. The van der Waals surface area contributed by atoms with Crippen molar-refractivity contribution >= 4 is 5.91 Å². The van der Waals surface area contributed by atoms with Gasteiger partial charge in [-0.3, -0.25) is 9.80 Å². The molecule has 2 rings (SSSR count). The third kappa shape index (κ3) is 2.36. The molecule has 3 nitrogen and oxygen atoms in total. The number of rotatable bonds is 2. The Kier molecular flexibility index (Phi) is 2.49. The van der Waals surface area contributed by atoms with Crippen LogP contribution in [0.5, 0.6) is 0 Å². The van der Waals surface area contributed by atoms with Gasteiger partial charge in [0.2, 0.25) is 5.91 Å². The van der Waals surface area contributed by atoms with Crippen LogP contribution in [-0.4, -0.2) is 16.5 Å². The van der Waals surface area contributed by atoms with Gasteiger partial charge in [0.05, 0.1) is 6.54 Å². The summed E-state index contributed by atoms with van der Waals surface area (Å²) in [6.07, 6.45) is 0.569. The highest BCUT2D eigenvalue weighted by Crippen LogP contribution is 2.19. The Morgan fingerprint density at radius 1 is 1.33 bits per heavy atom. The van der Waals surface area contributed by atoms with Crippen LogP contribution in [0.25, 0.3) is 0 Å². The van der Waals surface area contributed by atoms with Crippen LogP contribution in [0.15, 0.2) is 30.3 Å². The maximum atomic E-state index is 11.7. The van der Waals surface area contributed by atoms with Gasteiger partial charge in [-0.2, -0.15) is 0 Å². The first-order valence-electron chi connectivity index (χ1n) is 5.19. The number of carbonyl (C=O) groups excluding carboxylic acids is 1. The summed E-state index contributed by atoms with van der Waals surface area (Å²) in [4.78, 5) is 11.7. The second kappa shape index (κ2) is 3.66. The predicted molar refractivity (Wildman–Crippen MR) is 58.8 cm³/mol. The van der Waals surface area contributed by atoms with Gasteiger partial charge in [-0.15, -0.1) is 0 Å². The van der Waals surface area contributed by atoms with E-state index in [0.29, 0.717) is 13.0 Å². The minimum atomic E-state index is -0.105. The summed E-state index contributed by atoms with van der Waals surface area (Å²) in [6, 6.07) is 10.0. The number of benzene rings is 1.